The monoisotopic (exact) mass is 359 g/mol. The molecule has 1 unspecified atom stereocenters. The largest absolute Gasteiger partial charge is 0.376 e. The summed E-state index contributed by atoms with van der Waals surface area (Å²) in [4.78, 5) is 9.08. The lowest BCUT2D eigenvalue weighted by atomic mass is 10.3. The molecule has 1 fully saturated rings. The van der Waals surface area contributed by atoms with Crippen LogP contribution in [0.15, 0.2) is 16.7 Å². The van der Waals surface area contributed by atoms with Gasteiger partial charge in [0.15, 0.2) is 5.65 Å². The number of alkyl halides is 1. The fourth-order valence-corrected chi connectivity index (χ4v) is 2.83. The Labute approximate surface area is 130 Å². The number of halogens is 2. The first-order valence-electron chi connectivity index (χ1n) is 6.54. The Hall–Kier alpha value is -0.690. The van der Waals surface area contributed by atoms with Crippen molar-refractivity contribution >= 4 is 38.7 Å². The van der Waals surface area contributed by atoms with E-state index in [1.54, 1.807) is 6.20 Å². The molecule has 7 heteroatoms. The number of fused-ring (bicyclic) bond motifs is 1. The van der Waals surface area contributed by atoms with Gasteiger partial charge in [-0.05, 0) is 22.0 Å². The molecule has 20 heavy (non-hydrogen) atoms. The van der Waals surface area contributed by atoms with Crippen LogP contribution < -0.4 is 0 Å². The summed E-state index contributed by atoms with van der Waals surface area (Å²) in [6, 6.07) is 1.97. The second kappa shape index (κ2) is 6.39. The Balaban J connectivity index is 1.95. The normalized spacial score (nSPS) is 19.6. The topological polar surface area (TPSA) is 49.2 Å². The summed E-state index contributed by atoms with van der Waals surface area (Å²) in [6.07, 6.45) is 2.53. The van der Waals surface area contributed by atoms with E-state index >= 15 is 0 Å². The van der Waals surface area contributed by atoms with Gasteiger partial charge in [0.05, 0.1) is 32.5 Å². The molecule has 108 valence electrons. The van der Waals surface area contributed by atoms with Crippen LogP contribution in [0.4, 0.5) is 0 Å². The number of imidazole rings is 1. The minimum Gasteiger partial charge on any atom is -0.376 e. The summed E-state index contributed by atoms with van der Waals surface area (Å²) < 4.78 is 14.2. The summed E-state index contributed by atoms with van der Waals surface area (Å²) in [5, 5.41) is 0. The van der Waals surface area contributed by atoms with Gasteiger partial charge in [-0.1, -0.05) is 0 Å². The molecule has 0 aromatic carbocycles. The zero-order valence-corrected chi connectivity index (χ0v) is 13.2. The van der Waals surface area contributed by atoms with E-state index in [1.165, 1.54) is 0 Å². The molecule has 0 spiro atoms. The zero-order chi connectivity index (χ0) is 13.9. The van der Waals surface area contributed by atoms with E-state index in [2.05, 4.69) is 30.5 Å². The lowest BCUT2D eigenvalue weighted by molar-refractivity contribution is -0.0934. The van der Waals surface area contributed by atoms with E-state index in [0.29, 0.717) is 38.7 Å². The van der Waals surface area contributed by atoms with E-state index in [4.69, 9.17) is 21.1 Å². The first-order chi connectivity index (χ1) is 9.78. The fourth-order valence-electron chi connectivity index (χ4n) is 2.35. The Kier molecular flexibility index (Phi) is 4.55. The fraction of sp³-hybridized carbons (Fsp3) is 0.538. The molecule has 1 aliphatic rings. The number of rotatable bonds is 4. The highest BCUT2D eigenvalue weighted by Crippen LogP contribution is 2.20. The van der Waals surface area contributed by atoms with Gasteiger partial charge in [-0.15, -0.1) is 11.6 Å². The van der Waals surface area contributed by atoms with Crippen LogP contribution in [0.25, 0.3) is 11.2 Å². The second-order valence-electron chi connectivity index (χ2n) is 4.64. The van der Waals surface area contributed by atoms with Crippen LogP contribution in [-0.4, -0.2) is 46.3 Å². The minimum absolute atomic E-state index is 0.0423. The third kappa shape index (κ3) is 2.98. The van der Waals surface area contributed by atoms with Crippen molar-refractivity contribution in [2.45, 2.75) is 19.1 Å². The van der Waals surface area contributed by atoms with Crippen molar-refractivity contribution in [2.75, 3.05) is 25.7 Å². The van der Waals surface area contributed by atoms with Gasteiger partial charge in [-0.25, -0.2) is 9.97 Å². The van der Waals surface area contributed by atoms with E-state index in [-0.39, 0.29) is 6.10 Å². The van der Waals surface area contributed by atoms with E-state index in [0.717, 1.165) is 21.5 Å². The number of aryl methyl sites for hydroxylation is 1. The molecule has 1 atom stereocenters. The SMILES string of the molecule is ClCCc1nc2cc(Br)cnc2n1CC1COCCO1. The van der Waals surface area contributed by atoms with E-state index in [1.807, 2.05) is 6.07 Å². The predicted octanol–water partition coefficient (Wildman–Crippen LogP) is 2.39. The predicted molar refractivity (Wildman–Crippen MR) is 80.2 cm³/mol. The number of ether oxygens (including phenoxy) is 2. The van der Waals surface area contributed by atoms with Crippen molar-refractivity contribution in [1.82, 2.24) is 14.5 Å². The molecule has 1 aliphatic heterocycles. The Morgan fingerprint density at radius 2 is 2.35 bits per heavy atom. The molecule has 2 aromatic rings. The van der Waals surface area contributed by atoms with Gasteiger partial charge in [-0.3, -0.25) is 0 Å². The van der Waals surface area contributed by atoms with Gasteiger partial charge in [0.25, 0.3) is 0 Å². The molecule has 0 N–H and O–H groups in total. The smallest absolute Gasteiger partial charge is 0.160 e. The molecular formula is C13H15BrClN3O2. The van der Waals surface area contributed by atoms with Crippen LogP contribution in [0.1, 0.15) is 5.82 Å². The number of pyridine rings is 1. The number of hydrogen-bond acceptors (Lipinski definition) is 4. The summed E-state index contributed by atoms with van der Waals surface area (Å²) >= 11 is 9.29. The Morgan fingerprint density at radius 1 is 1.45 bits per heavy atom. The Bertz CT molecular complexity index is 599. The first kappa shape index (κ1) is 14.3. The first-order valence-corrected chi connectivity index (χ1v) is 7.86. The summed E-state index contributed by atoms with van der Waals surface area (Å²) in [6.45, 7) is 2.61. The van der Waals surface area contributed by atoms with Crippen molar-refractivity contribution in [1.29, 1.82) is 0 Å². The van der Waals surface area contributed by atoms with Gasteiger partial charge >= 0.3 is 0 Å². The number of nitrogens with zero attached hydrogens (tertiary/aromatic N) is 3. The molecule has 0 bridgehead atoms. The van der Waals surface area contributed by atoms with Crippen LogP contribution >= 0.6 is 27.5 Å². The highest BCUT2D eigenvalue weighted by molar-refractivity contribution is 9.10. The third-order valence-corrected chi connectivity index (χ3v) is 3.84. The van der Waals surface area contributed by atoms with Gasteiger partial charge in [-0.2, -0.15) is 0 Å². The van der Waals surface area contributed by atoms with Crippen molar-refractivity contribution in [3.63, 3.8) is 0 Å². The van der Waals surface area contributed by atoms with Gasteiger partial charge in [0.1, 0.15) is 11.3 Å². The molecule has 3 heterocycles. The lowest BCUT2D eigenvalue weighted by Crippen LogP contribution is -2.32. The molecule has 3 rings (SSSR count). The molecule has 0 saturated carbocycles. The highest BCUT2D eigenvalue weighted by Gasteiger charge is 2.19. The van der Waals surface area contributed by atoms with Crippen molar-refractivity contribution < 1.29 is 9.47 Å². The van der Waals surface area contributed by atoms with E-state index < -0.39 is 0 Å². The van der Waals surface area contributed by atoms with Gasteiger partial charge in [0, 0.05) is 23.0 Å². The number of hydrogen-bond donors (Lipinski definition) is 0. The molecule has 0 radical (unpaired) electrons. The molecular weight excluding hydrogens is 346 g/mol. The molecule has 0 aliphatic carbocycles. The maximum absolute atomic E-state index is 5.87. The summed E-state index contributed by atoms with van der Waals surface area (Å²) in [7, 11) is 0. The van der Waals surface area contributed by atoms with Crippen molar-refractivity contribution in [3.8, 4) is 0 Å². The third-order valence-electron chi connectivity index (χ3n) is 3.22. The van der Waals surface area contributed by atoms with Crippen molar-refractivity contribution in [2.24, 2.45) is 0 Å². The second-order valence-corrected chi connectivity index (χ2v) is 5.94. The molecule has 1 saturated heterocycles. The summed E-state index contributed by atoms with van der Waals surface area (Å²) in [5.74, 6) is 1.47. The average Bonchev–Trinajstić information content (AvgIpc) is 2.77. The van der Waals surface area contributed by atoms with Crippen LogP contribution in [-0.2, 0) is 22.4 Å². The maximum Gasteiger partial charge on any atom is 0.160 e. The van der Waals surface area contributed by atoms with Crippen LogP contribution in [0.3, 0.4) is 0 Å². The highest BCUT2D eigenvalue weighted by atomic mass is 79.9. The van der Waals surface area contributed by atoms with E-state index in [9.17, 15) is 0 Å². The maximum atomic E-state index is 5.87. The quantitative estimate of drug-likeness (QED) is 0.786. The molecule has 5 nitrogen and oxygen atoms in total. The summed E-state index contributed by atoms with van der Waals surface area (Å²) in [5.41, 5.74) is 1.73. The van der Waals surface area contributed by atoms with Crippen LogP contribution in [0.5, 0.6) is 0 Å². The zero-order valence-electron chi connectivity index (χ0n) is 10.9. The Morgan fingerprint density at radius 3 is 3.10 bits per heavy atom. The number of aromatic nitrogens is 3. The average molecular weight is 361 g/mol. The molecule has 0 amide bonds. The van der Waals surface area contributed by atoms with Gasteiger partial charge in [0.2, 0.25) is 0 Å². The van der Waals surface area contributed by atoms with Crippen molar-refractivity contribution in [3.05, 3.63) is 22.6 Å². The minimum atomic E-state index is 0.0423. The van der Waals surface area contributed by atoms with Crippen LogP contribution in [0, 0.1) is 0 Å². The standard InChI is InChI=1S/C13H15BrClN3O2/c14-9-5-11-13(16-6-9)18(12(17-11)1-2-15)7-10-8-19-3-4-20-10/h5-6,10H,1-4,7-8H2. The lowest BCUT2D eigenvalue weighted by Gasteiger charge is -2.24. The van der Waals surface area contributed by atoms with Gasteiger partial charge < -0.3 is 14.0 Å². The molecule has 2 aromatic heterocycles. The van der Waals surface area contributed by atoms with Crippen LogP contribution in [0.2, 0.25) is 0 Å².